The molecule has 4 heterocycles. The zero-order chi connectivity index (χ0) is 46.2. The Morgan fingerprint density at radius 1 is 0.716 bits per heavy atom. The number of halogens is 4. The van der Waals surface area contributed by atoms with E-state index < -0.39 is 16.6 Å². The third kappa shape index (κ3) is 10.9. The van der Waals surface area contributed by atoms with Gasteiger partial charge in [0.25, 0.3) is 0 Å². The molecule has 0 bridgehead atoms. The minimum atomic E-state index is -0.537. The number of nitrogen functional groups attached to an aromatic ring is 1. The van der Waals surface area contributed by atoms with E-state index in [1.54, 1.807) is 12.1 Å². The van der Waals surface area contributed by atoms with Crippen LogP contribution in [0.3, 0.4) is 0 Å². The van der Waals surface area contributed by atoms with Gasteiger partial charge < -0.3 is 35.6 Å². The fourth-order valence-electron chi connectivity index (χ4n) is 9.83. The first-order valence-electron chi connectivity index (χ1n) is 22.3. The third-order valence-corrected chi connectivity index (χ3v) is 14.8. The van der Waals surface area contributed by atoms with Crippen molar-refractivity contribution in [2.75, 3.05) is 69.9 Å². The summed E-state index contributed by atoms with van der Waals surface area (Å²) >= 11 is 11.7. The molecule has 2 atom stereocenters. The van der Waals surface area contributed by atoms with Gasteiger partial charge in [0.15, 0.2) is 5.75 Å². The van der Waals surface area contributed by atoms with Crippen LogP contribution in [0.15, 0.2) is 73.3 Å². The average molecular weight is 998 g/mol. The molecule has 2 aliphatic carbocycles. The van der Waals surface area contributed by atoms with E-state index in [4.69, 9.17) is 38.4 Å². The number of aromatic nitrogens is 4. The van der Waals surface area contributed by atoms with E-state index in [1.165, 1.54) is 101 Å². The molecule has 0 amide bonds. The second-order valence-corrected chi connectivity index (χ2v) is 19.2. The molecule has 14 nitrogen and oxygen atoms in total. The Morgan fingerprint density at radius 2 is 1.16 bits per heavy atom. The minimum Gasteiger partial charge on any atom is -0.491 e. The Labute approximate surface area is 407 Å². The van der Waals surface area contributed by atoms with Crippen LogP contribution in [0.5, 0.6) is 11.5 Å². The quantitative estimate of drug-likeness (QED) is 0.0433. The number of likely N-dealkylation sites (tertiary alicyclic amines) is 2. The number of ether oxygens (including phenoxy) is 2. The van der Waals surface area contributed by atoms with E-state index in [0.717, 1.165) is 42.8 Å². The van der Waals surface area contributed by atoms with Crippen LogP contribution in [-0.4, -0.2) is 88.1 Å². The maximum absolute atomic E-state index is 13.5. The van der Waals surface area contributed by atoms with E-state index in [1.807, 2.05) is 12.1 Å². The number of rotatable bonds is 13. The molecule has 2 aromatic heterocycles. The first-order chi connectivity index (χ1) is 31.8. The Hall–Kier alpha value is -5.16. The van der Waals surface area contributed by atoms with Gasteiger partial charge in [-0.05, 0) is 157 Å². The summed E-state index contributed by atoms with van der Waals surface area (Å²) in [4.78, 5) is 33.3. The van der Waals surface area contributed by atoms with Gasteiger partial charge in [-0.1, -0.05) is 23.2 Å². The molecule has 2 saturated heterocycles. The summed E-state index contributed by atoms with van der Waals surface area (Å²) in [6, 6.07) is 15.3. The Morgan fingerprint density at radius 3 is 1.63 bits per heavy atom. The van der Waals surface area contributed by atoms with Crippen LogP contribution in [0.2, 0.25) is 10.0 Å². The molecule has 4 N–H and O–H groups in total. The van der Waals surface area contributed by atoms with Gasteiger partial charge in [0, 0.05) is 52.0 Å². The summed E-state index contributed by atoms with van der Waals surface area (Å²) in [6.07, 6.45) is 12.4. The summed E-state index contributed by atoms with van der Waals surface area (Å²) in [5, 5.41) is 19.2. The van der Waals surface area contributed by atoms with Crippen molar-refractivity contribution in [1.29, 1.82) is 0 Å². The standard InChI is InChI=1S/C24H25ClFN5O3.C24H27ClFN5O.Fe/c1-30-7-5-24(6-8-30)13-15(24)4-9-34-22-12-20-17(11-21(22)31(32)33)23(28-14-27-20)29-16-2-3-19(26)18(25)10-16;1-31-7-5-24(6-8-31)13-15(24)4-9-32-22-12-21-17(11-20(22)27)23(29-14-28-21)30-16-2-3-19(26)18(25)10-16;/h2-3,10-12,14-15H,4-9,13H2,1H3,(H,27,28,29);2-3,10-12,14-15H,4-9,13,27H2,1H3,(H,28,29,30);. The molecular formula is C48H52Cl2F2FeN10O4. The number of nitrogens with one attached hydrogen (secondary N) is 2. The van der Waals surface area contributed by atoms with E-state index in [2.05, 4.69) is 54.5 Å². The van der Waals surface area contributed by atoms with E-state index in [9.17, 15) is 18.9 Å². The van der Waals surface area contributed by atoms with E-state index in [0.29, 0.717) is 75.3 Å². The molecule has 2 unspecified atom stereocenters. The third-order valence-electron chi connectivity index (χ3n) is 14.2. The van der Waals surface area contributed by atoms with Crippen LogP contribution in [-0.2, 0) is 17.1 Å². The molecule has 19 heteroatoms. The maximum Gasteiger partial charge on any atom is 0.311 e. The van der Waals surface area contributed by atoms with Crippen molar-refractivity contribution in [3.63, 3.8) is 0 Å². The number of piperidine rings is 2. The van der Waals surface area contributed by atoms with Crippen molar-refractivity contribution in [1.82, 2.24) is 29.7 Å². The number of anilines is 5. The Kier molecular flexibility index (Phi) is 14.6. The fourth-order valence-corrected chi connectivity index (χ4v) is 10.2. The Balaban J connectivity index is 0.000000179. The maximum atomic E-state index is 13.5. The molecule has 4 aliphatic rings. The number of benzene rings is 4. The summed E-state index contributed by atoms with van der Waals surface area (Å²) in [6.45, 7) is 5.76. The molecule has 354 valence electrons. The molecule has 4 fully saturated rings. The van der Waals surface area contributed by atoms with Crippen molar-refractivity contribution >= 4 is 79.4 Å². The summed E-state index contributed by atoms with van der Waals surface area (Å²) in [5.74, 6) is 2.14. The first kappa shape index (κ1) is 48.3. The van der Waals surface area contributed by atoms with Crippen molar-refractivity contribution in [3.05, 3.63) is 105 Å². The first-order valence-corrected chi connectivity index (χ1v) is 23.1. The van der Waals surface area contributed by atoms with Crippen molar-refractivity contribution in [3.8, 4) is 11.5 Å². The SMILES string of the molecule is CN1CCC2(CC1)CC2CCOc1cc2ncnc(Nc3ccc(F)c(Cl)c3)c2cc1N.CN1CCC2(CC1)CC2CCOc1cc2ncnc(Nc3ccc(F)c(Cl)c3)c2cc1[N+](=O)[O-].[Fe]. The van der Waals surface area contributed by atoms with Gasteiger partial charge in [-0.15, -0.1) is 0 Å². The largest absolute Gasteiger partial charge is 0.491 e. The van der Waals surface area contributed by atoms with Crippen molar-refractivity contribution in [2.45, 2.75) is 51.4 Å². The fraction of sp³-hybridized carbons (Fsp3) is 0.417. The summed E-state index contributed by atoms with van der Waals surface area (Å²) in [5.41, 5.74) is 10.0. The number of nitro benzene ring substituents is 1. The van der Waals surface area contributed by atoms with Gasteiger partial charge >= 0.3 is 5.69 Å². The topological polar surface area (TPSA) is 170 Å². The number of fused-ring (bicyclic) bond motifs is 2. The van der Waals surface area contributed by atoms with Crippen LogP contribution in [0.25, 0.3) is 21.8 Å². The Bertz CT molecular complexity index is 2780. The van der Waals surface area contributed by atoms with Gasteiger partial charge in [0.05, 0.1) is 50.3 Å². The second kappa shape index (κ2) is 20.2. The number of hydrogen-bond donors (Lipinski definition) is 3. The average Bonchev–Trinajstić information content (AvgIpc) is 4.19. The molecule has 2 spiro atoms. The predicted octanol–water partition coefficient (Wildman–Crippen LogP) is 10.8. The smallest absolute Gasteiger partial charge is 0.311 e. The van der Waals surface area contributed by atoms with Gasteiger partial charge in [-0.3, -0.25) is 10.1 Å². The zero-order valence-electron chi connectivity index (χ0n) is 37.2. The zero-order valence-corrected chi connectivity index (χ0v) is 39.8. The van der Waals surface area contributed by atoms with E-state index >= 15 is 0 Å². The predicted molar refractivity (Wildman–Crippen MR) is 254 cm³/mol. The summed E-state index contributed by atoms with van der Waals surface area (Å²) < 4.78 is 38.9. The van der Waals surface area contributed by atoms with Crippen LogP contribution in [0.4, 0.5) is 43.2 Å². The van der Waals surface area contributed by atoms with Crippen molar-refractivity contribution in [2.24, 2.45) is 22.7 Å². The van der Waals surface area contributed by atoms with E-state index in [-0.39, 0.29) is 38.6 Å². The van der Waals surface area contributed by atoms with Crippen LogP contribution in [0, 0.1) is 44.4 Å². The van der Waals surface area contributed by atoms with Gasteiger partial charge in [-0.2, -0.15) is 0 Å². The molecule has 0 radical (unpaired) electrons. The van der Waals surface area contributed by atoms with Crippen LogP contribution >= 0.6 is 23.2 Å². The summed E-state index contributed by atoms with van der Waals surface area (Å²) in [7, 11) is 4.36. The minimum absolute atomic E-state index is 0. The molecule has 6 aromatic rings. The molecule has 10 rings (SSSR count). The van der Waals surface area contributed by atoms with Gasteiger partial charge in [-0.25, -0.2) is 28.7 Å². The van der Waals surface area contributed by atoms with Crippen LogP contribution < -0.4 is 25.8 Å². The normalized spacial score (nSPS) is 19.3. The second-order valence-electron chi connectivity index (χ2n) is 18.4. The number of hydrogen-bond acceptors (Lipinski definition) is 13. The number of nitro groups is 1. The molecule has 67 heavy (non-hydrogen) atoms. The molecule has 4 aromatic carbocycles. The monoisotopic (exact) mass is 996 g/mol. The molecular weight excluding hydrogens is 945 g/mol. The molecule has 2 aliphatic heterocycles. The van der Waals surface area contributed by atoms with Crippen molar-refractivity contribution < 1.29 is 40.2 Å². The number of nitrogens with zero attached hydrogens (tertiary/aromatic N) is 7. The van der Waals surface area contributed by atoms with Gasteiger partial charge in [0.1, 0.15) is 41.7 Å². The van der Waals surface area contributed by atoms with Gasteiger partial charge in [0.2, 0.25) is 0 Å². The number of nitrogens with two attached hydrogens (primary N) is 1. The molecule has 2 saturated carbocycles. The van der Waals surface area contributed by atoms with Crippen LogP contribution in [0.1, 0.15) is 51.4 Å².